The topological polar surface area (TPSA) is 57.9 Å². The lowest BCUT2D eigenvalue weighted by molar-refractivity contribution is 0.410. The van der Waals surface area contributed by atoms with Crippen molar-refractivity contribution in [3.63, 3.8) is 0 Å². The molecule has 0 aliphatic rings. The summed E-state index contributed by atoms with van der Waals surface area (Å²) in [5, 5.41) is -0.345. The third-order valence-corrected chi connectivity index (χ3v) is 3.98. The van der Waals surface area contributed by atoms with Gasteiger partial charge in [0.2, 0.25) is 0 Å². The molecule has 21 heavy (non-hydrogen) atoms. The number of aromatic amines is 2. The number of alkyl halides is 1. The van der Waals surface area contributed by atoms with E-state index in [4.69, 9.17) is 16.3 Å². The highest BCUT2D eigenvalue weighted by molar-refractivity contribution is 6.23. The largest absolute Gasteiger partial charge is 0.496 e. The molecule has 108 valence electrons. The molecule has 1 unspecified atom stereocenters. The van der Waals surface area contributed by atoms with Crippen LogP contribution in [-0.4, -0.2) is 17.1 Å². The van der Waals surface area contributed by atoms with Crippen LogP contribution in [0.5, 0.6) is 5.75 Å². The molecule has 1 atom stereocenters. The smallest absolute Gasteiger partial charge is 0.323 e. The first-order chi connectivity index (χ1) is 10.1. The minimum Gasteiger partial charge on any atom is -0.496 e. The van der Waals surface area contributed by atoms with E-state index in [1.165, 1.54) is 0 Å². The Labute approximate surface area is 126 Å². The maximum atomic E-state index is 11.3. The summed E-state index contributed by atoms with van der Waals surface area (Å²) >= 11 is 6.61. The zero-order valence-electron chi connectivity index (χ0n) is 11.7. The van der Waals surface area contributed by atoms with Gasteiger partial charge >= 0.3 is 5.69 Å². The van der Waals surface area contributed by atoms with E-state index in [0.717, 1.165) is 33.5 Å². The minimum atomic E-state index is -0.345. The molecule has 2 aromatic carbocycles. The Morgan fingerprint density at radius 2 is 1.86 bits per heavy atom. The number of nitrogens with one attached hydrogen (secondary N) is 2. The Morgan fingerprint density at radius 3 is 2.62 bits per heavy atom. The normalized spacial score (nSPS) is 12.5. The monoisotopic (exact) mass is 302 g/mol. The van der Waals surface area contributed by atoms with E-state index in [9.17, 15) is 4.79 Å². The molecule has 0 saturated carbocycles. The predicted octanol–water partition coefficient (Wildman–Crippen LogP) is 3.50. The number of hydrogen-bond donors (Lipinski definition) is 2. The highest BCUT2D eigenvalue weighted by Crippen LogP contribution is 2.36. The summed E-state index contributed by atoms with van der Waals surface area (Å²) in [6.07, 6.45) is 0. The van der Waals surface area contributed by atoms with E-state index >= 15 is 0 Å². The molecule has 2 N–H and O–H groups in total. The summed E-state index contributed by atoms with van der Waals surface area (Å²) in [6.45, 7) is 2.01. The quantitative estimate of drug-likeness (QED) is 0.728. The number of benzene rings is 2. The van der Waals surface area contributed by atoms with Crippen molar-refractivity contribution >= 4 is 22.6 Å². The summed E-state index contributed by atoms with van der Waals surface area (Å²) in [7, 11) is 1.63. The van der Waals surface area contributed by atoms with Crippen molar-refractivity contribution in [2.75, 3.05) is 7.11 Å². The van der Waals surface area contributed by atoms with Crippen LogP contribution in [0.25, 0.3) is 11.0 Å². The molecule has 3 rings (SSSR count). The summed E-state index contributed by atoms with van der Waals surface area (Å²) in [5.74, 6) is 0.753. The summed E-state index contributed by atoms with van der Waals surface area (Å²) in [4.78, 5) is 16.8. The molecule has 0 fully saturated rings. The number of rotatable bonds is 3. The number of aromatic nitrogens is 2. The second-order valence-electron chi connectivity index (χ2n) is 4.99. The lowest BCUT2D eigenvalue weighted by Crippen LogP contribution is -1.99. The van der Waals surface area contributed by atoms with Gasteiger partial charge in [-0.25, -0.2) is 4.79 Å². The second-order valence-corrected chi connectivity index (χ2v) is 5.43. The lowest BCUT2D eigenvalue weighted by atomic mass is 10.0. The number of fused-ring (bicyclic) bond motifs is 1. The lowest BCUT2D eigenvalue weighted by Gasteiger charge is -2.15. The molecular weight excluding hydrogens is 288 g/mol. The third kappa shape index (κ3) is 2.54. The molecule has 3 aromatic rings. The van der Waals surface area contributed by atoms with E-state index in [-0.39, 0.29) is 11.1 Å². The number of halogens is 1. The van der Waals surface area contributed by atoms with Crippen molar-refractivity contribution in [2.45, 2.75) is 12.3 Å². The zero-order chi connectivity index (χ0) is 15.0. The van der Waals surface area contributed by atoms with Gasteiger partial charge in [0.25, 0.3) is 0 Å². The SMILES string of the molecule is COc1ccc(C)cc1C(Cl)c1ccc2[nH]c(=O)[nH]c2c1. The maximum absolute atomic E-state index is 11.3. The van der Waals surface area contributed by atoms with Crippen LogP contribution < -0.4 is 10.4 Å². The van der Waals surface area contributed by atoms with Crippen LogP contribution in [0, 0.1) is 6.92 Å². The Kier molecular flexibility index (Phi) is 3.47. The Bertz CT molecular complexity index is 851. The third-order valence-electron chi connectivity index (χ3n) is 3.49. The average Bonchev–Trinajstić information content (AvgIpc) is 2.85. The predicted molar refractivity (Wildman–Crippen MR) is 84.3 cm³/mol. The molecule has 0 bridgehead atoms. The first kappa shape index (κ1) is 13.8. The van der Waals surface area contributed by atoms with Crippen LogP contribution in [0.3, 0.4) is 0 Å². The van der Waals surface area contributed by atoms with E-state index in [0.29, 0.717) is 0 Å². The van der Waals surface area contributed by atoms with Crippen molar-refractivity contribution in [2.24, 2.45) is 0 Å². The molecule has 1 heterocycles. The molecule has 0 spiro atoms. The maximum Gasteiger partial charge on any atom is 0.323 e. The van der Waals surface area contributed by atoms with Gasteiger partial charge in [-0.05, 0) is 30.7 Å². The molecular formula is C16H15ClN2O2. The first-order valence-electron chi connectivity index (χ1n) is 6.59. The van der Waals surface area contributed by atoms with Gasteiger partial charge in [0.1, 0.15) is 5.75 Å². The van der Waals surface area contributed by atoms with Gasteiger partial charge in [-0.1, -0.05) is 23.8 Å². The summed E-state index contributed by atoms with van der Waals surface area (Å²) in [5.41, 5.74) is 4.23. The van der Waals surface area contributed by atoms with Crippen molar-refractivity contribution in [3.8, 4) is 5.75 Å². The van der Waals surface area contributed by atoms with Crippen molar-refractivity contribution < 1.29 is 4.74 Å². The molecule has 0 aliphatic carbocycles. The van der Waals surface area contributed by atoms with Gasteiger partial charge in [0.05, 0.1) is 23.5 Å². The van der Waals surface area contributed by atoms with E-state index in [1.54, 1.807) is 7.11 Å². The minimum absolute atomic E-state index is 0.221. The zero-order valence-corrected chi connectivity index (χ0v) is 12.5. The van der Waals surface area contributed by atoms with Gasteiger partial charge in [-0.2, -0.15) is 0 Å². The molecule has 1 aromatic heterocycles. The Morgan fingerprint density at radius 1 is 1.10 bits per heavy atom. The number of H-pyrrole nitrogens is 2. The number of ether oxygens (including phenoxy) is 1. The van der Waals surface area contributed by atoms with E-state index < -0.39 is 0 Å². The summed E-state index contributed by atoms with van der Waals surface area (Å²) in [6, 6.07) is 11.6. The number of imidazole rings is 1. The number of hydrogen-bond acceptors (Lipinski definition) is 2. The second kappa shape index (κ2) is 5.30. The highest BCUT2D eigenvalue weighted by Gasteiger charge is 2.16. The summed E-state index contributed by atoms with van der Waals surface area (Å²) < 4.78 is 5.39. The highest BCUT2D eigenvalue weighted by atomic mass is 35.5. The van der Waals surface area contributed by atoms with Crippen LogP contribution in [0.2, 0.25) is 0 Å². The Hall–Kier alpha value is -2.20. The Balaban J connectivity index is 2.09. The van der Waals surface area contributed by atoms with Crippen LogP contribution >= 0.6 is 11.6 Å². The average molecular weight is 303 g/mol. The van der Waals surface area contributed by atoms with Crippen LogP contribution in [0.15, 0.2) is 41.2 Å². The van der Waals surface area contributed by atoms with Gasteiger partial charge < -0.3 is 14.7 Å². The molecule has 5 heteroatoms. The molecule has 0 amide bonds. The fourth-order valence-corrected chi connectivity index (χ4v) is 2.75. The van der Waals surface area contributed by atoms with E-state index in [2.05, 4.69) is 9.97 Å². The van der Waals surface area contributed by atoms with Crippen molar-refractivity contribution in [3.05, 3.63) is 63.6 Å². The van der Waals surface area contributed by atoms with Gasteiger partial charge in [0, 0.05) is 5.56 Å². The first-order valence-corrected chi connectivity index (χ1v) is 7.02. The van der Waals surface area contributed by atoms with Crippen molar-refractivity contribution in [1.29, 1.82) is 0 Å². The van der Waals surface area contributed by atoms with Crippen molar-refractivity contribution in [1.82, 2.24) is 9.97 Å². The molecule has 0 saturated heterocycles. The molecule has 4 nitrogen and oxygen atoms in total. The number of aryl methyl sites for hydroxylation is 1. The fourth-order valence-electron chi connectivity index (χ4n) is 2.44. The van der Waals surface area contributed by atoms with Gasteiger partial charge in [-0.3, -0.25) is 0 Å². The van der Waals surface area contributed by atoms with E-state index in [1.807, 2.05) is 43.3 Å². The van der Waals surface area contributed by atoms with Crippen LogP contribution in [-0.2, 0) is 0 Å². The fraction of sp³-hybridized carbons (Fsp3) is 0.188. The van der Waals surface area contributed by atoms with Gasteiger partial charge in [0.15, 0.2) is 0 Å². The number of methoxy groups -OCH3 is 1. The van der Waals surface area contributed by atoms with Crippen LogP contribution in [0.4, 0.5) is 0 Å². The standard InChI is InChI=1S/C16H15ClN2O2/c1-9-3-6-14(21-2)11(7-9)15(17)10-4-5-12-13(8-10)19-16(20)18-12/h3-8,15H,1-2H3,(H2,18,19,20). The molecule has 0 radical (unpaired) electrons. The van der Waals surface area contributed by atoms with Crippen LogP contribution in [0.1, 0.15) is 22.1 Å². The molecule has 0 aliphatic heterocycles. The van der Waals surface area contributed by atoms with Gasteiger partial charge in [-0.15, -0.1) is 11.6 Å².